The van der Waals surface area contributed by atoms with E-state index < -0.39 is 11.7 Å². The van der Waals surface area contributed by atoms with Crippen molar-refractivity contribution in [3.8, 4) is 5.95 Å². The van der Waals surface area contributed by atoms with E-state index in [9.17, 15) is 9.18 Å². The Morgan fingerprint density at radius 2 is 1.92 bits per heavy atom. The van der Waals surface area contributed by atoms with Crippen molar-refractivity contribution in [1.29, 1.82) is 0 Å². The fourth-order valence-electron chi connectivity index (χ4n) is 2.08. The van der Waals surface area contributed by atoms with Crippen molar-refractivity contribution in [2.45, 2.75) is 13.8 Å². The fraction of sp³-hybridized carbons (Fsp3) is 0.125. The third kappa shape index (κ3) is 3.11. The number of carbonyl (C=O) groups is 1. The molecule has 0 fully saturated rings. The van der Waals surface area contributed by atoms with E-state index in [2.05, 4.69) is 20.3 Å². The number of benzene rings is 1. The van der Waals surface area contributed by atoms with E-state index >= 15 is 0 Å². The van der Waals surface area contributed by atoms with Gasteiger partial charge in [0.05, 0.1) is 34.4 Å². The zero-order valence-electron chi connectivity index (χ0n) is 12.9. The van der Waals surface area contributed by atoms with Crippen molar-refractivity contribution < 1.29 is 9.18 Å². The molecule has 3 rings (SSSR count). The second-order valence-corrected chi connectivity index (χ2v) is 5.54. The zero-order chi connectivity index (χ0) is 17.3. The van der Waals surface area contributed by atoms with Crippen LogP contribution in [-0.4, -0.2) is 25.4 Å². The van der Waals surface area contributed by atoms with Crippen LogP contribution in [0.15, 0.2) is 36.9 Å². The predicted octanol–water partition coefficient (Wildman–Crippen LogP) is 3.32. The molecule has 0 aliphatic carbocycles. The molecule has 122 valence electrons. The number of imidazole rings is 1. The number of rotatable bonds is 3. The normalized spacial score (nSPS) is 10.7. The number of carbonyl (C=O) groups excluding carboxylic acids is 1. The van der Waals surface area contributed by atoms with Gasteiger partial charge in [0.1, 0.15) is 12.1 Å². The molecule has 2 heterocycles. The van der Waals surface area contributed by atoms with Crippen LogP contribution in [0.3, 0.4) is 0 Å². The summed E-state index contributed by atoms with van der Waals surface area (Å²) < 4.78 is 14.8. The number of aryl methyl sites for hydroxylation is 1. The third-order valence-electron chi connectivity index (χ3n) is 3.54. The SMILES string of the molecule is Cc1ncn(-c2ncc(NC(=O)c3ccc(F)cc3Cl)cn2)c1C. The summed E-state index contributed by atoms with van der Waals surface area (Å²) in [7, 11) is 0. The number of nitrogens with one attached hydrogen (secondary N) is 1. The first-order valence-corrected chi connectivity index (χ1v) is 7.43. The molecule has 1 aromatic carbocycles. The summed E-state index contributed by atoms with van der Waals surface area (Å²) >= 11 is 5.87. The average Bonchev–Trinajstić information content (AvgIpc) is 2.87. The second kappa shape index (κ2) is 6.37. The maximum absolute atomic E-state index is 13.0. The molecule has 8 heteroatoms. The van der Waals surface area contributed by atoms with Crippen LogP contribution in [0, 0.1) is 19.7 Å². The van der Waals surface area contributed by atoms with E-state index in [0.29, 0.717) is 11.6 Å². The fourth-order valence-corrected chi connectivity index (χ4v) is 2.34. The van der Waals surface area contributed by atoms with Crippen LogP contribution in [0.4, 0.5) is 10.1 Å². The van der Waals surface area contributed by atoms with Crippen molar-refractivity contribution in [3.05, 3.63) is 64.7 Å². The van der Waals surface area contributed by atoms with Crippen LogP contribution < -0.4 is 5.32 Å². The van der Waals surface area contributed by atoms with E-state index in [1.165, 1.54) is 24.5 Å². The lowest BCUT2D eigenvalue weighted by molar-refractivity contribution is 0.102. The van der Waals surface area contributed by atoms with Gasteiger partial charge in [-0.05, 0) is 32.0 Å². The highest BCUT2D eigenvalue weighted by molar-refractivity contribution is 6.34. The van der Waals surface area contributed by atoms with Gasteiger partial charge >= 0.3 is 0 Å². The van der Waals surface area contributed by atoms with Crippen LogP contribution in [0.25, 0.3) is 5.95 Å². The summed E-state index contributed by atoms with van der Waals surface area (Å²) in [6.45, 7) is 3.81. The molecule has 0 saturated carbocycles. The second-order valence-electron chi connectivity index (χ2n) is 5.14. The Bertz CT molecular complexity index is 907. The van der Waals surface area contributed by atoms with Crippen LogP contribution in [-0.2, 0) is 0 Å². The molecule has 24 heavy (non-hydrogen) atoms. The molecule has 0 atom stereocenters. The summed E-state index contributed by atoms with van der Waals surface area (Å²) in [5.74, 6) is -0.521. The summed E-state index contributed by atoms with van der Waals surface area (Å²) in [6.07, 6.45) is 4.59. The largest absolute Gasteiger partial charge is 0.319 e. The first-order chi connectivity index (χ1) is 11.5. The van der Waals surface area contributed by atoms with Crippen LogP contribution in [0.1, 0.15) is 21.7 Å². The van der Waals surface area contributed by atoms with Gasteiger partial charge < -0.3 is 5.32 Å². The molecule has 0 bridgehead atoms. The Balaban J connectivity index is 1.79. The number of nitrogens with zero attached hydrogens (tertiary/aromatic N) is 4. The Morgan fingerprint density at radius 3 is 2.50 bits per heavy atom. The quantitative estimate of drug-likeness (QED) is 0.790. The number of hydrogen-bond acceptors (Lipinski definition) is 4. The van der Waals surface area contributed by atoms with Gasteiger partial charge in [-0.25, -0.2) is 19.3 Å². The molecule has 2 aromatic heterocycles. The first kappa shape index (κ1) is 16.1. The lowest BCUT2D eigenvalue weighted by atomic mass is 10.2. The van der Waals surface area contributed by atoms with Crippen molar-refractivity contribution in [3.63, 3.8) is 0 Å². The number of hydrogen-bond donors (Lipinski definition) is 1. The third-order valence-corrected chi connectivity index (χ3v) is 3.85. The molecule has 0 aliphatic heterocycles. The molecular formula is C16H13ClFN5O. The molecule has 0 aliphatic rings. The highest BCUT2D eigenvalue weighted by atomic mass is 35.5. The molecule has 0 radical (unpaired) electrons. The Morgan fingerprint density at radius 1 is 1.21 bits per heavy atom. The molecule has 0 spiro atoms. The van der Waals surface area contributed by atoms with Crippen LogP contribution in [0.5, 0.6) is 0 Å². The smallest absolute Gasteiger partial charge is 0.257 e. The number of anilines is 1. The predicted molar refractivity (Wildman–Crippen MR) is 88.0 cm³/mol. The Hall–Kier alpha value is -2.80. The van der Waals surface area contributed by atoms with Crippen molar-refractivity contribution in [2.24, 2.45) is 0 Å². The van der Waals surface area contributed by atoms with Crippen molar-refractivity contribution in [2.75, 3.05) is 5.32 Å². The van der Waals surface area contributed by atoms with Gasteiger partial charge in [0.25, 0.3) is 5.91 Å². The highest BCUT2D eigenvalue weighted by Crippen LogP contribution is 2.19. The van der Waals surface area contributed by atoms with E-state index in [1.807, 2.05) is 13.8 Å². The van der Waals surface area contributed by atoms with Crippen molar-refractivity contribution >= 4 is 23.2 Å². The molecule has 6 nitrogen and oxygen atoms in total. The maximum Gasteiger partial charge on any atom is 0.257 e. The van der Waals surface area contributed by atoms with E-state index in [-0.39, 0.29) is 10.6 Å². The summed E-state index contributed by atoms with van der Waals surface area (Å²) in [5.41, 5.74) is 2.40. The lowest BCUT2D eigenvalue weighted by Gasteiger charge is -2.08. The monoisotopic (exact) mass is 345 g/mol. The number of aromatic nitrogens is 4. The average molecular weight is 346 g/mol. The van der Waals surface area contributed by atoms with Gasteiger partial charge in [-0.2, -0.15) is 0 Å². The zero-order valence-corrected chi connectivity index (χ0v) is 13.7. The highest BCUT2D eigenvalue weighted by Gasteiger charge is 2.12. The minimum Gasteiger partial charge on any atom is -0.319 e. The summed E-state index contributed by atoms with van der Waals surface area (Å²) in [4.78, 5) is 24.8. The standard InChI is InChI=1S/C16H13ClFN5O/c1-9-10(2)23(8-21-9)16-19-6-12(7-20-16)22-15(24)13-4-3-11(18)5-14(13)17/h3-8H,1-2H3,(H,22,24). The van der Waals surface area contributed by atoms with Gasteiger partial charge in [-0.3, -0.25) is 9.36 Å². The lowest BCUT2D eigenvalue weighted by Crippen LogP contribution is -2.13. The van der Waals surface area contributed by atoms with Crippen molar-refractivity contribution in [1.82, 2.24) is 19.5 Å². The van der Waals surface area contributed by atoms with Gasteiger partial charge in [0, 0.05) is 5.69 Å². The van der Waals surface area contributed by atoms with Crippen LogP contribution >= 0.6 is 11.6 Å². The Kier molecular flexibility index (Phi) is 4.26. The molecule has 1 N–H and O–H groups in total. The molecule has 3 aromatic rings. The molecule has 1 amide bonds. The number of amides is 1. The summed E-state index contributed by atoms with van der Waals surface area (Å²) in [6, 6.07) is 3.57. The molecule has 0 saturated heterocycles. The van der Waals surface area contributed by atoms with Gasteiger partial charge in [-0.15, -0.1) is 0 Å². The van der Waals surface area contributed by atoms with E-state index in [0.717, 1.165) is 17.5 Å². The topological polar surface area (TPSA) is 72.7 Å². The van der Waals surface area contributed by atoms with Gasteiger partial charge in [0.15, 0.2) is 0 Å². The molecular weight excluding hydrogens is 333 g/mol. The van der Waals surface area contributed by atoms with E-state index in [4.69, 9.17) is 11.6 Å². The number of halogens is 2. The Labute approximate surface area is 142 Å². The molecule has 0 unspecified atom stereocenters. The van der Waals surface area contributed by atoms with Crippen LogP contribution in [0.2, 0.25) is 5.02 Å². The van der Waals surface area contributed by atoms with Gasteiger partial charge in [-0.1, -0.05) is 11.6 Å². The maximum atomic E-state index is 13.0. The summed E-state index contributed by atoms with van der Waals surface area (Å²) in [5, 5.41) is 2.66. The minimum atomic E-state index is -0.504. The van der Waals surface area contributed by atoms with Gasteiger partial charge in [0.2, 0.25) is 5.95 Å². The first-order valence-electron chi connectivity index (χ1n) is 7.05. The van der Waals surface area contributed by atoms with E-state index in [1.54, 1.807) is 10.9 Å². The minimum absolute atomic E-state index is 0.0366.